The quantitative estimate of drug-likeness (QED) is 0.147. The lowest BCUT2D eigenvalue weighted by molar-refractivity contribution is -0.384. The van der Waals surface area contributed by atoms with Crippen molar-refractivity contribution in [2.24, 2.45) is 0 Å². The summed E-state index contributed by atoms with van der Waals surface area (Å²) in [7, 11) is -9.82. The van der Waals surface area contributed by atoms with Gasteiger partial charge in [0.2, 0.25) is 10.0 Å². The predicted molar refractivity (Wildman–Crippen MR) is 142 cm³/mol. The van der Waals surface area contributed by atoms with E-state index in [4.69, 9.17) is 33.6 Å². The SMILES string of the molecule is [3H]COc1c([3H])c([3H])c(-c2nc(SC([3H])([3H])C([3H])([3H])NS(=O)(=O)c3c([3H])c([3H])c([N+](=O)[O-])c([3H])c3[3H])n([3H])c2-c2c([3H])c([3H])c(OC([3H])([3H])[3H])c([3H])c2[3H])c([3H])c1[3H]. The first-order valence-corrected chi connectivity index (χ1v) is 11.6. The van der Waals surface area contributed by atoms with Gasteiger partial charge in [-0.05, 0) is 60.4 Å². The van der Waals surface area contributed by atoms with E-state index in [2.05, 4.69) is 9.72 Å². The molecule has 0 spiro atoms. The van der Waals surface area contributed by atoms with E-state index in [0.717, 1.165) is 0 Å². The third kappa shape index (κ3) is 6.28. The molecule has 4 rings (SSSR count). The van der Waals surface area contributed by atoms with E-state index in [1.165, 1.54) is 4.72 Å². The standard InChI is InChI=1S/C25H24N4O6S2/c1-34-20-9-3-17(4-10-20)23-24(18-5-11-21(35-2)12-6-18)28-25(27-23)36-16-15-26-37(32,33)22-13-7-19(8-14-22)29(30)31/h3-14,26H,15-16H2,1-2H3,(H,27,28)/i1T,2T3,3T,4T,5T,6T,7T,8T,9T,10T,11T,12T,13T,14T,15T2,16T2/hT. The highest BCUT2D eigenvalue weighted by Crippen LogP contribution is 2.34. The number of thioether (sulfide) groups is 1. The summed E-state index contributed by atoms with van der Waals surface area (Å²) in [6.07, 6.45) is 0. The maximum Gasteiger partial charge on any atom is 0.269 e. The number of benzene rings is 3. The molecule has 0 saturated heterocycles. The summed E-state index contributed by atoms with van der Waals surface area (Å²) in [5, 5.41) is 10.2. The Kier molecular flexibility index (Phi) is 3.24. The second kappa shape index (κ2) is 11.5. The number of rotatable bonds is 11. The number of hydrogen-bond donors (Lipinski definition) is 2. The monoisotopic (exact) mass is 582 g/mol. The normalized spacial score (nSPS) is 20.5. The number of sulfonamides is 1. The van der Waals surface area contributed by atoms with Gasteiger partial charge in [-0.3, -0.25) is 10.1 Å². The zero-order chi connectivity index (χ0) is 44.5. The molecule has 12 heteroatoms. The van der Waals surface area contributed by atoms with Gasteiger partial charge in [0.1, 0.15) is 11.5 Å². The van der Waals surface area contributed by atoms with E-state index in [9.17, 15) is 18.5 Å². The van der Waals surface area contributed by atoms with Gasteiger partial charge < -0.3 is 14.5 Å². The molecule has 1 aromatic heterocycles. The van der Waals surface area contributed by atoms with Crippen molar-refractivity contribution in [1.29, 1.82) is 0 Å². The topological polar surface area (TPSA) is 136 Å². The minimum Gasteiger partial charge on any atom is -0.497 e. The number of nitrogens with zero attached hydrogens (tertiary/aromatic N) is 2. The van der Waals surface area contributed by atoms with E-state index >= 15 is 0 Å². The summed E-state index contributed by atoms with van der Waals surface area (Å²) >= 11 is -0.419. The number of aromatic amines is 1. The fourth-order valence-corrected chi connectivity index (χ4v) is 3.60. The van der Waals surface area contributed by atoms with Gasteiger partial charge in [-0.25, -0.2) is 18.1 Å². The van der Waals surface area contributed by atoms with Crippen LogP contribution in [0, 0.1) is 10.1 Å². The molecule has 0 aliphatic rings. The zero-order valence-corrected chi connectivity index (χ0v) is 19.4. The van der Waals surface area contributed by atoms with Crippen molar-refractivity contribution in [2.75, 3.05) is 26.3 Å². The third-order valence-electron chi connectivity index (χ3n) is 3.98. The van der Waals surface area contributed by atoms with Crippen LogP contribution in [-0.2, 0) is 10.0 Å². The average molecular weight is 583 g/mol. The highest BCUT2D eigenvalue weighted by atomic mass is 32.2. The minimum absolute atomic E-state index is 0.0518. The highest BCUT2D eigenvalue weighted by Gasteiger charge is 2.17. The van der Waals surface area contributed by atoms with Gasteiger partial charge >= 0.3 is 0 Å². The fraction of sp³-hybridized carbons (Fsp3) is 0.160. The number of aromatic nitrogens is 2. The highest BCUT2D eigenvalue weighted by molar-refractivity contribution is 7.99. The largest absolute Gasteiger partial charge is 0.497 e. The van der Waals surface area contributed by atoms with Crippen molar-refractivity contribution >= 4 is 27.5 Å². The lowest BCUT2D eigenvalue weighted by Gasteiger charge is -2.06. The van der Waals surface area contributed by atoms with Crippen LogP contribution in [0.5, 0.6) is 11.5 Å². The molecule has 192 valence electrons. The van der Waals surface area contributed by atoms with Crippen molar-refractivity contribution in [3.63, 3.8) is 0 Å². The van der Waals surface area contributed by atoms with Crippen LogP contribution in [0.1, 0.15) is 27.4 Å². The Balaban J connectivity index is 2.01. The Hall–Kier alpha value is -3.87. The van der Waals surface area contributed by atoms with E-state index in [1.54, 1.807) is 0 Å². The molecule has 0 saturated carbocycles. The number of H-pyrrole nitrogens is 1. The van der Waals surface area contributed by atoms with Crippen molar-refractivity contribution in [3.8, 4) is 34.0 Å². The summed E-state index contributed by atoms with van der Waals surface area (Å²) in [5.41, 5.74) is -8.74. The Labute approximate surface area is 247 Å². The lowest BCUT2D eigenvalue weighted by Crippen LogP contribution is -2.26. The molecular weight excluding hydrogens is 516 g/mol. The van der Waals surface area contributed by atoms with Crippen LogP contribution < -0.4 is 14.2 Å². The average Bonchev–Trinajstić information content (AvgIpc) is 3.38. The zero-order valence-electron chi connectivity index (χ0n) is 38.8. The van der Waals surface area contributed by atoms with Crippen LogP contribution in [0.2, 0.25) is 1.41 Å². The number of methoxy groups -OCH3 is 2. The van der Waals surface area contributed by atoms with Crippen LogP contribution >= 0.6 is 11.8 Å². The van der Waals surface area contributed by atoms with E-state index in [1.807, 2.05) is 0 Å². The molecule has 4 aromatic rings. The molecule has 0 atom stereocenters. The summed E-state index contributed by atoms with van der Waals surface area (Å²) < 4.78 is 209. The van der Waals surface area contributed by atoms with Crippen molar-refractivity contribution in [1.82, 2.24) is 14.7 Å². The molecule has 0 aliphatic heterocycles. The maximum atomic E-state index is 13.4. The maximum absolute atomic E-state index is 13.4. The first-order chi connectivity index (χ1) is 26.4. The molecule has 37 heavy (non-hydrogen) atoms. The second-order valence-corrected chi connectivity index (χ2v) is 8.62. The molecule has 3 aromatic carbocycles. The smallest absolute Gasteiger partial charge is 0.269 e. The van der Waals surface area contributed by atoms with Gasteiger partial charge in [-0.1, -0.05) is 11.8 Å². The summed E-state index contributed by atoms with van der Waals surface area (Å²) in [4.78, 5) is 12.4. The van der Waals surface area contributed by atoms with Crippen LogP contribution in [0.4, 0.5) is 5.69 Å². The number of nitro groups is 1. The van der Waals surface area contributed by atoms with Gasteiger partial charge in [0.25, 0.3) is 5.69 Å². The summed E-state index contributed by atoms with van der Waals surface area (Å²) in [6, 6.07) is -14.3. The van der Waals surface area contributed by atoms with Gasteiger partial charge in [-0.15, -0.1) is 0 Å². The number of imidazole rings is 1. The molecule has 1 heterocycles. The number of nitrogens with one attached hydrogen (secondary N) is 2. The molecule has 0 fully saturated rings. The second-order valence-electron chi connectivity index (χ2n) is 6.23. The fourth-order valence-electron chi connectivity index (χ4n) is 2.41. The Morgan fingerprint density at radius 3 is 2.35 bits per heavy atom. The van der Waals surface area contributed by atoms with Crippen LogP contribution in [0.25, 0.3) is 22.5 Å². The summed E-state index contributed by atoms with van der Waals surface area (Å²) in [6.45, 7) is -3.91. The molecule has 0 aliphatic carbocycles. The molecule has 0 amide bonds. The van der Waals surface area contributed by atoms with E-state index < -0.39 is 175 Å². The lowest BCUT2D eigenvalue weighted by atomic mass is 10.0. The van der Waals surface area contributed by atoms with Crippen molar-refractivity contribution in [3.05, 3.63) is 82.6 Å². The van der Waals surface area contributed by atoms with Crippen LogP contribution in [0.3, 0.4) is 0 Å². The molecule has 10 nitrogen and oxygen atoms in total. The molecular formula is C25H24N4O6S2. The molecule has 0 radical (unpaired) electrons. The van der Waals surface area contributed by atoms with Crippen LogP contribution in [-0.4, -0.2) is 49.6 Å². The predicted octanol–water partition coefficient (Wildman–Crippen LogP) is 4.74. The summed E-state index contributed by atoms with van der Waals surface area (Å²) in [5.74, 6) is -1.81. The third-order valence-corrected chi connectivity index (χ3v) is 5.66. The number of ether oxygens (including phenoxy) is 2. The first kappa shape index (κ1) is 10.5. The number of nitro benzene ring substituents is 1. The van der Waals surface area contributed by atoms with Crippen molar-refractivity contribution in [2.45, 2.75) is 10.1 Å². The van der Waals surface area contributed by atoms with Gasteiger partial charge in [-0.2, -0.15) is 0 Å². The first-order valence-electron chi connectivity index (χ1n) is 19.9. The van der Waals surface area contributed by atoms with E-state index in [-0.39, 0.29) is 4.98 Å². The molecule has 2 N–H and O–H groups in total. The van der Waals surface area contributed by atoms with E-state index in [0.29, 0.717) is 0 Å². The minimum atomic E-state index is -5.66. The van der Waals surface area contributed by atoms with Gasteiger partial charge in [0.05, 0.1) is 57.3 Å². The van der Waals surface area contributed by atoms with Gasteiger partial charge in [0, 0.05) is 40.9 Å². The van der Waals surface area contributed by atoms with Crippen molar-refractivity contribution < 1.29 is 51.6 Å². The Morgan fingerprint density at radius 1 is 1.08 bits per heavy atom. The Bertz CT molecular complexity index is 2410. The van der Waals surface area contributed by atoms with Crippen LogP contribution in [0.15, 0.2) is 82.6 Å². The molecule has 0 unspecified atom stereocenters. The molecule has 0 bridgehead atoms. The number of hydrogen-bond acceptors (Lipinski definition) is 8. The van der Waals surface area contributed by atoms with Gasteiger partial charge in [0.15, 0.2) is 6.57 Å². The Morgan fingerprint density at radius 2 is 1.73 bits per heavy atom.